The molecule has 0 saturated heterocycles. The molecule has 25 heavy (non-hydrogen) atoms. The first-order chi connectivity index (χ1) is 12.2. The molecule has 124 valence electrons. The predicted octanol–water partition coefficient (Wildman–Crippen LogP) is 3.39. The Morgan fingerprint density at radius 1 is 0.880 bits per heavy atom. The highest BCUT2D eigenvalue weighted by Crippen LogP contribution is 2.22. The Balaban J connectivity index is 1.55. The molecule has 0 amide bonds. The van der Waals surface area contributed by atoms with Crippen LogP contribution < -0.4 is 0 Å². The largest absolute Gasteiger partial charge is 0.420 e. The number of hydrogen-bond acceptors (Lipinski definition) is 7. The van der Waals surface area contributed by atoms with E-state index in [1.54, 1.807) is 12.4 Å². The Hall–Kier alpha value is -3.35. The Labute approximate surface area is 143 Å². The van der Waals surface area contributed by atoms with Crippen LogP contribution in [0.15, 0.2) is 51.7 Å². The summed E-state index contributed by atoms with van der Waals surface area (Å²) in [5.74, 6) is 1.84. The minimum Gasteiger partial charge on any atom is -0.420 e. The minimum atomic E-state index is 0.288. The lowest BCUT2D eigenvalue weighted by molar-refractivity contribution is 0.374. The van der Waals surface area contributed by atoms with Crippen LogP contribution in [0.25, 0.3) is 22.8 Å². The van der Waals surface area contributed by atoms with Gasteiger partial charge in [-0.05, 0) is 38.1 Å². The first kappa shape index (κ1) is 15.2. The van der Waals surface area contributed by atoms with Crippen molar-refractivity contribution in [2.75, 3.05) is 0 Å². The van der Waals surface area contributed by atoms with Crippen molar-refractivity contribution in [3.63, 3.8) is 0 Å². The third kappa shape index (κ3) is 3.30. The lowest BCUT2D eigenvalue weighted by Gasteiger charge is -1.99. The van der Waals surface area contributed by atoms with E-state index in [2.05, 4.69) is 31.4 Å². The Bertz CT molecular complexity index is 987. The van der Waals surface area contributed by atoms with Crippen LogP contribution in [0, 0.1) is 13.8 Å². The summed E-state index contributed by atoms with van der Waals surface area (Å²) in [6.07, 6.45) is 3.65. The average Bonchev–Trinajstić information content (AvgIpc) is 3.25. The van der Waals surface area contributed by atoms with Gasteiger partial charge in [0.15, 0.2) is 0 Å². The molecule has 1 aromatic carbocycles. The molecule has 0 fully saturated rings. The van der Waals surface area contributed by atoms with Gasteiger partial charge < -0.3 is 8.94 Å². The van der Waals surface area contributed by atoms with E-state index in [1.165, 1.54) is 0 Å². The monoisotopic (exact) mass is 333 g/mol. The molecule has 0 radical (unpaired) electrons. The first-order valence-electron chi connectivity index (χ1n) is 7.81. The predicted molar refractivity (Wildman–Crippen MR) is 89.5 cm³/mol. The molecular formula is C18H15N5O2. The summed E-state index contributed by atoms with van der Waals surface area (Å²) in [5.41, 5.74) is 4.04. The van der Waals surface area contributed by atoms with E-state index < -0.39 is 0 Å². The van der Waals surface area contributed by atoms with Gasteiger partial charge in [-0.25, -0.2) is 0 Å². The second-order valence-corrected chi connectivity index (χ2v) is 5.80. The maximum absolute atomic E-state index is 5.74. The van der Waals surface area contributed by atoms with E-state index in [0.717, 1.165) is 22.3 Å². The molecule has 0 aliphatic carbocycles. The van der Waals surface area contributed by atoms with Crippen molar-refractivity contribution in [1.29, 1.82) is 0 Å². The van der Waals surface area contributed by atoms with Crippen LogP contribution in [0.1, 0.15) is 22.9 Å². The highest BCUT2D eigenvalue weighted by atomic mass is 16.5. The Morgan fingerprint density at radius 3 is 2.40 bits per heavy atom. The van der Waals surface area contributed by atoms with E-state index in [4.69, 9.17) is 8.94 Å². The number of rotatable bonds is 4. The summed E-state index contributed by atoms with van der Waals surface area (Å²) in [6, 6.07) is 9.76. The van der Waals surface area contributed by atoms with Gasteiger partial charge in [-0.3, -0.25) is 4.98 Å². The van der Waals surface area contributed by atoms with Crippen LogP contribution in [0.2, 0.25) is 0 Å². The Kier molecular flexibility index (Phi) is 3.81. The summed E-state index contributed by atoms with van der Waals surface area (Å²) >= 11 is 0. The molecule has 0 spiro atoms. The zero-order valence-corrected chi connectivity index (χ0v) is 13.8. The van der Waals surface area contributed by atoms with Gasteiger partial charge in [-0.1, -0.05) is 22.3 Å². The molecule has 0 aliphatic rings. The van der Waals surface area contributed by atoms with Gasteiger partial charge in [0.05, 0.1) is 0 Å². The van der Waals surface area contributed by atoms with Crippen LogP contribution >= 0.6 is 0 Å². The number of pyridine rings is 1. The molecule has 3 aromatic heterocycles. The maximum atomic E-state index is 5.74. The summed E-state index contributed by atoms with van der Waals surface area (Å²) in [4.78, 5) is 8.32. The topological polar surface area (TPSA) is 90.7 Å². The number of hydrogen-bond donors (Lipinski definition) is 0. The zero-order valence-electron chi connectivity index (χ0n) is 13.8. The number of aryl methyl sites for hydroxylation is 2. The lowest BCUT2D eigenvalue weighted by atomic mass is 10.1. The Morgan fingerprint density at radius 2 is 1.64 bits per heavy atom. The van der Waals surface area contributed by atoms with Gasteiger partial charge in [0.25, 0.3) is 0 Å². The summed E-state index contributed by atoms with van der Waals surface area (Å²) < 4.78 is 11.0. The fourth-order valence-corrected chi connectivity index (χ4v) is 2.61. The van der Waals surface area contributed by atoms with E-state index >= 15 is 0 Å². The number of aromatic nitrogens is 5. The molecule has 0 unspecified atom stereocenters. The van der Waals surface area contributed by atoms with E-state index in [-0.39, 0.29) is 6.42 Å². The van der Waals surface area contributed by atoms with Gasteiger partial charge in [0, 0.05) is 23.5 Å². The number of benzene rings is 1. The standard InChI is InChI=1S/C18H15N5O2/c1-11-7-12(2)9-14(8-11)18-22-21-16(24-18)10-15-20-17(23-25-15)13-3-5-19-6-4-13/h3-9H,10H2,1-2H3. The molecule has 0 aliphatic heterocycles. The van der Waals surface area contributed by atoms with Crippen molar-refractivity contribution in [3.05, 3.63) is 65.6 Å². The fraction of sp³-hybridized carbons (Fsp3) is 0.167. The molecule has 4 aromatic rings. The number of nitrogens with zero attached hydrogens (tertiary/aromatic N) is 5. The van der Waals surface area contributed by atoms with Crippen LogP contribution in [0.4, 0.5) is 0 Å². The van der Waals surface area contributed by atoms with Crippen molar-refractivity contribution >= 4 is 0 Å². The SMILES string of the molecule is Cc1cc(C)cc(-c2nnc(Cc3nc(-c4ccncc4)no3)o2)c1. The third-order valence-electron chi connectivity index (χ3n) is 3.64. The smallest absolute Gasteiger partial charge is 0.247 e. The first-order valence-corrected chi connectivity index (χ1v) is 7.81. The van der Waals surface area contributed by atoms with Gasteiger partial charge >= 0.3 is 0 Å². The van der Waals surface area contributed by atoms with Crippen LogP contribution in [-0.4, -0.2) is 25.3 Å². The van der Waals surface area contributed by atoms with E-state index in [0.29, 0.717) is 23.5 Å². The van der Waals surface area contributed by atoms with Gasteiger partial charge in [0.1, 0.15) is 6.42 Å². The van der Waals surface area contributed by atoms with Crippen molar-refractivity contribution < 1.29 is 8.94 Å². The second-order valence-electron chi connectivity index (χ2n) is 5.80. The highest BCUT2D eigenvalue weighted by molar-refractivity contribution is 5.55. The second kappa shape index (κ2) is 6.27. The molecule has 0 atom stereocenters. The van der Waals surface area contributed by atoms with Crippen LogP contribution in [0.3, 0.4) is 0 Å². The lowest BCUT2D eigenvalue weighted by Crippen LogP contribution is -1.89. The summed E-state index contributed by atoms with van der Waals surface area (Å²) in [7, 11) is 0. The van der Waals surface area contributed by atoms with Crippen molar-refractivity contribution in [1.82, 2.24) is 25.3 Å². The normalized spacial score (nSPS) is 11.0. The van der Waals surface area contributed by atoms with Crippen molar-refractivity contribution in [3.8, 4) is 22.8 Å². The average molecular weight is 333 g/mol. The minimum absolute atomic E-state index is 0.288. The third-order valence-corrected chi connectivity index (χ3v) is 3.64. The van der Waals surface area contributed by atoms with E-state index in [1.807, 2.05) is 38.1 Å². The van der Waals surface area contributed by atoms with E-state index in [9.17, 15) is 0 Å². The highest BCUT2D eigenvalue weighted by Gasteiger charge is 2.14. The van der Waals surface area contributed by atoms with Gasteiger partial charge in [-0.15, -0.1) is 10.2 Å². The van der Waals surface area contributed by atoms with Gasteiger partial charge in [-0.2, -0.15) is 4.98 Å². The van der Waals surface area contributed by atoms with Crippen LogP contribution in [-0.2, 0) is 6.42 Å². The molecule has 0 bridgehead atoms. The quantitative estimate of drug-likeness (QED) is 0.565. The molecule has 7 heteroatoms. The maximum Gasteiger partial charge on any atom is 0.247 e. The fourth-order valence-electron chi connectivity index (χ4n) is 2.61. The zero-order chi connectivity index (χ0) is 17.2. The van der Waals surface area contributed by atoms with Crippen molar-refractivity contribution in [2.45, 2.75) is 20.3 Å². The summed E-state index contributed by atoms with van der Waals surface area (Å²) in [6.45, 7) is 4.07. The molecule has 4 rings (SSSR count). The molecular weight excluding hydrogens is 318 g/mol. The molecule has 3 heterocycles. The molecule has 0 N–H and O–H groups in total. The molecule has 0 saturated carbocycles. The van der Waals surface area contributed by atoms with Crippen molar-refractivity contribution in [2.24, 2.45) is 0 Å². The molecule has 7 nitrogen and oxygen atoms in total. The van der Waals surface area contributed by atoms with Crippen LogP contribution in [0.5, 0.6) is 0 Å². The van der Waals surface area contributed by atoms with Gasteiger partial charge in [0.2, 0.25) is 23.5 Å². The summed E-state index contributed by atoms with van der Waals surface area (Å²) in [5, 5.41) is 12.2.